The van der Waals surface area contributed by atoms with E-state index >= 15 is 0 Å². The third kappa shape index (κ3) is 9.99. The minimum atomic E-state index is -5.53. The number of nitrogens with two attached hydrogens (primary N) is 1. The van der Waals surface area contributed by atoms with Gasteiger partial charge in [0.05, 0.1) is 25.3 Å². The van der Waals surface area contributed by atoms with E-state index in [1.54, 1.807) is 0 Å². The van der Waals surface area contributed by atoms with Crippen molar-refractivity contribution >= 4 is 67.4 Å². The summed E-state index contributed by atoms with van der Waals surface area (Å²) in [6.45, 7) is -1.52. The number of nitrogens with zero attached hydrogens (tertiary/aromatic N) is 5. The number of aliphatic hydroxyl groups excluding tert-OH is 1. The van der Waals surface area contributed by atoms with Crippen LogP contribution in [0.15, 0.2) is 70.1 Å². The van der Waals surface area contributed by atoms with Crippen molar-refractivity contribution in [2.45, 2.75) is 24.5 Å². The van der Waals surface area contributed by atoms with E-state index < -0.39 is 70.3 Å². The molecule has 25 nitrogen and oxygen atoms in total. The van der Waals surface area contributed by atoms with Crippen LogP contribution < -0.4 is 41.3 Å². The maximum Gasteiger partial charge on any atom is 0.481 e. The Labute approximate surface area is 372 Å². The highest BCUT2D eigenvalue weighted by Gasteiger charge is 2.51. The molecule has 0 saturated carbocycles. The summed E-state index contributed by atoms with van der Waals surface area (Å²) in [6.07, 6.45) is -6.54. The molecule has 5 atom stereocenters. The molecule has 0 radical (unpaired) electrons. The predicted molar refractivity (Wildman–Crippen MR) is 232 cm³/mol. The molecule has 66 heavy (non-hydrogen) atoms. The lowest BCUT2D eigenvalue weighted by molar-refractivity contribution is -0.745. The number of hydrogen-bond acceptors (Lipinski definition) is 15. The van der Waals surface area contributed by atoms with Gasteiger partial charge in [-0.2, -0.15) is 4.31 Å². The number of aryl methyl sites for hydroxylation is 1. The molecule has 1 aliphatic carbocycles. The van der Waals surface area contributed by atoms with Crippen LogP contribution in [0.3, 0.4) is 0 Å². The molecule has 350 valence electrons. The number of hydrogen-bond donors (Lipinski definition) is 9. The SMILES string of the molecule is CN(C)c1ccc2c(-c3ccc(C(=O)NCCNC(=O)O[C@H]4[C@@H](O)[C@H]([n+]5cn(C)c6c(=O)[nH]c(N)nc65)O[C@@H]4COP(=O)(O)OP(=O)(O)O)cc3C(=O)O)c3ccc(=[N+](C)C)cc-3oc2c1. The molecule has 4 aromatic rings. The van der Waals surface area contributed by atoms with E-state index in [1.165, 1.54) is 40.7 Å². The highest BCUT2D eigenvalue weighted by Crippen LogP contribution is 2.57. The minimum absolute atomic E-state index is 0.00521. The third-order valence-corrected chi connectivity index (χ3v) is 12.6. The van der Waals surface area contributed by atoms with Gasteiger partial charge in [-0.3, -0.25) is 23.7 Å². The second-order valence-corrected chi connectivity index (χ2v) is 18.2. The van der Waals surface area contributed by atoms with Crippen LogP contribution in [0.4, 0.5) is 16.4 Å². The fourth-order valence-corrected chi connectivity index (χ4v) is 9.01. The molecule has 4 heterocycles. The number of anilines is 2. The van der Waals surface area contributed by atoms with Gasteiger partial charge in [-0.1, -0.05) is 11.1 Å². The van der Waals surface area contributed by atoms with Crippen molar-refractivity contribution in [1.29, 1.82) is 0 Å². The number of amides is 2. The summed E-state index contributed by atoms with van der Waals surface area (Å²) < 4.78 is 54.0. The number of carboxylic acid groups (broad SMARTS) is 1. The molecule has 2 amide bonds. The van der Waals surface area contributed by atoms with Gasteiger partial charge in [-0.15, -0.1) is 0 Å². The number of fused-ring (bicyclic) bond motifs is 3. The largest absolute Gasteiger partial charge is 0.481 e. The zero-order valence-electron chi connectivity index (χ0n) is 35.6. The quantitative estimate of drug-likeness (QED) is 0.0310. The molecule has 0 bridgehead atoms. The van der Waals surface area contributed by atoms with Gasteiger partial charge in [-0.05, 0) is 35.9 Å². The number of carbonyl (C=O) groups excluding carboxylic acids is 2. The van der Waals surface area contributed by atoms with E-state index in [-0.39, 0.29) is 41.3 Å². The smallest absolute Gasteiger partial charge is 0.478 e. The van der Waals surface area contributed by atoms with Crippen molar-refractivity contribution in [3.63, 3.8) is 0 Å². The zero-order valence-corrected chi connectivity index (χ0v) is 37.4. The van der Waals surface area contributed by atoms with Gasteiger partial charge in [0.1, 0.15) is 31.5 Å². The molecule has 0 spiro atoms. The van der Waals surface area contributed by atoms with Crippen molar-refractivity contribution < 1.29 is 75.7 Å². The molecule has 3 aliphatic rings. The highest BCUT2D eigenvalue weighted by atomic mass is 31.3. The van der Waals surface area contributed by atoms with E-state index in [0.29, 0.717) is 33.4 Å². The summed E-state index contributed by atoms with van der Waals surface area (Å²) >= 11 is 0. The maximum absolute atomic E-state index is 13.4. The Morgan fingerprint density at radius 2 is 1.74 bits per heavy atom. The number of aliphatic hydroxyl groups is 1. The minimum Gasteiger partial charge on any atom is -0.478 e. The number of nitrogen functional groups attached to an aromatic ring is 1. The van der Waals surface area contributed by atoms with Gasteiger partial charge in [0.2, 0.25) is 17.1 Å². The van der Waals surface area contributed by atoms with Crippen molar-refractivity contribution in [2.75, 3.05) is 58.5 Å². The van der Waals surface area contributed by atoms with E-state index in [1.807, 2.05) is 74.1 Å². The van der Waals surface area contributed by atoms with Crippen LogP contribution in [0.1, 0.15) is 26.9 Å². The topological polar surface area (TPSA) is 347 Å². The number of phosphoric ester groups is 1. The second kappa shape index (κ2) is 18.4. The number of nitrogens with one attached hydrogen (secondary N) is 3. The number of aromatic carboxylic acids is 1. The first-order chi connectivity index (χ1) is 31.0. The van der Waals surface area contributed by atoms with Crippen LogP contribution in [-0.4, -0.2) is 124 Å². The van der Waals surface area contributed by atoms with Gasteiger partial charge in [0.15, 0.2) is 18.5 Å². The summed E-state index contributed by atoms with van der Waals surface area (Å²) in [7, 11) is -1.96. The second-order valence-electron chi connectivity index (χ2n) is 15.4. The lowest BCUT2D eigenvalue weighted by atomic mass is 9.89. The Bertz CT molecular complexity index is 3110. The number of imidazole rings is 1. The number of carbonyl (C=O) groups is 3. The molecule has 2 aromatic carbocycles. The van der Waals surface area contributed by atoms with Crippen LogP contribution in [-0.2, 0) is 34.5 Å². The van der Waals surface area contributed by atoms with Crippen molar-refractivity contribution in [3.05, 3.63) is 87.8 Å². The highest BCUT2D eigenvalue weighted by molar-refractivity contribution is 7.60. The fraction of sp³-hybridized carbons (Fsp3) is 0.308. The van der Waals surface area contributed by atoms with Gasteiger partial charge < -0.3 is 60.1 Å². The average Bonchev–Trinajstić information content (AvgIpc) is 3.73. The molecule has 7 rings (SSSR count). The first-order valence-corrected chi connectivity index (χ1v) is 22.7. The molecule has 1 unspecified atom stereocenters. The number of carboxylic acids is 1. The zero-order chi connectivity index (χ0) is 48.0. The summed E-state index contributed by atoms with van der Waals surface area (Å²) in [6, 6.07) is 15.4. The number of aromatic amines is 1. The summed E-state index contributed by atoms with van der Waals surface area (Å²) in [5, 5.41) is 28.3. The Balaban J connectivity index is 1.07. The molecule has 2 aliphatic heterocycles. The monoisotopic (exact) mass is 957 g/mol. The molecular formula is C39H45N9O16P2+2. The van der Waals surface area contributed by atoms with Crippen molar-refractivity contribution in [1.82, 2.24) is 29.7 Å². The standard InChI is InChI=1S/C39H43N9O16P2/c1-45(2)20-7-10-23-26(15-20)61-27-16-21(46(3)4)8-11-24(27)29(23)22-9-6-19(14-25(22)37(52)53)34(50)41-12-13-42-39(54)63-32-28(17-60-66(58,59)64-65(55,56)57)62-36(31(32)49)48-18-47(5)30-33(48)43-38(40)44-35(30)51/h6-11,14-16,18,28,31-32,36,49H,12-13,17H2,1-5H3,(H7-2,40,41,42,43,44,50,51,52,53,54,55,56,57,58,59)/p+2/t28-,31-,32-,36-/m1/s1. The van der Waals surface area contributed by atoms with Gasteiger partial charge in [0.25, 0.3) is 17.4 Å². The summed E-state index contributed by atoms with van der Waals surface area (Å²) in [5.74, 6) is -1.77. The van der Waals surface area contributed by atoms with Crippen LogP contribution in [0.2, 0.25) is 0 Å². The average molecular weight is 958 g/mol. The lowest BCUT2D eigenvalue weighted by Gasteiger charge is -2.21. The van der Waals surface area contributed by atoms with E-state index in [0.717, 1.165) is 11.0 Å². The van der Waals surface area contributed by atoms with Crippen LogP contribution >= 0.6 is 15.6 Å². The Kier molecular flexibility index (Phi) is 13.2. The third-order valence-electron chi connectivity index (χ3n) is 10.4. The Morgan fingerprint density at radius 1 is 1.03 bits per heavy atom. The van der Waals surface area contributed by atoms with Gasteiger partial charge >= 0.3 is 33.4 Å². The number of aromatic nitrogens is 4. The molecule has 2 aromatic heterocycles. The van der Waals surface area contributed by atoms with Crippen LogP contribution in [0.5, 0.6) is 0 Å². The number of benzene rings is 3. The summed E-state index contributed by atoms with van der Waals surface area (Å²) in [4.78, 5) is 88.1. The van der Waals surface area contributed by atoms with Gasteiger partial charge in [0, 0.05) is 67.1 Å². The van der Waals surface area contributed by atoms with E-state index in [4.69, 9.17) is 33.9 Å². The van der Waals surface area contributed by atoms with Crippen LogP contribution in [0, 0.1) is 0 Å². The number of phosphoric acid groups is 2. The predicted octanol–water partition coefficient (Wildman–Crippen LogP) is 0.455. The first kappa shape index (κ1) is 47.4. The van der Waals surface area contributed by atoms with Crippen LogP contribution in [0.25, 0.3) is 44.6 Å². The van der Waals surface area contributed by atoms with Gasteiger partial charge in [-0.25, -0.2) is 27.9 Å². The lowest BCUT2D eigenvalue weighted by Crippen LogP contribution is -2.47. The van der Waals surface area contributed by atoms with Crippen molar-refractivity contribution in [3.8, 4) is 22.5 Å². The summed E-state index contributed by atoms with van der Waals surface area (Å²) in [5.41, 5.74) is 7.74. The first-order valence-electron chi connectivity index (χ1n) is 19.6. The maximum atomic E-state index is 13.4. The molecule has 10 N–H and O–H groups in total. The Morgan fingerprint density at radius 3 is 2.42 bits per heavy atom. The van der Waals surface area contributed by atoms with E-state index in [2.05, 4.69) is 24.9 Å². The number of rotatable bonds is 14. The Hall–Kier alpha value is -6.53. The molecule has 27 heteroatoms. The molecular weight excluding hydrogens is 912 g/mol. The van der Waals surface area contributed by atoms with Crippen molar-refractivity contribution in [2.24, 2.45) is 7.05 Å². The number of ether oxygens (including phenoxy) is 2. The molecule has 1 saturated heterocycles. The fourth-order valence-electron chi connectivity index (χ4n) is 7.41. The number of H-pyrrole nitrogens is 1. The number of alkyl carbamates (subject to hydrolysis) is 1. The normalized spacial score (nSPS) is 18.3. The van der Waals surface area contributed by atoms with E-state index in [9.17, 15) is 43.4 Å². The molecule has 1 fully saturated rings.